The summed E-state index contributed by atoms with van der Waals surface area (Å²) >= 11 is 0. The fraction of sp³-hybridized carbons (Fsp3) is 0.478. The fourth-order valence-electron chi connectivity index (χ4n) is 4.25. The smallest absolute Gasteiger partial charge is 0.410 e. The van der Waals surface area contributed by atoms with Crippen molar-refractivity contribution in [2.45, 2.75) is 57.9 Å². The average molecular weight is 441 g/mol. The Morgan fingerprint density at radius 3 is 2.56 bits per heavy atom. The molecule has 170 valence electrons. The second-order valence-corrected chi connectivity index (χ2v) is 9.26. The molecule has 2 atom stereocenters. The van der Waals surface area contributed by atoms with Gasteiger partial charge in [0.2, 0.25) is 11.8 Å². The third-order valence-electron chi connectivity index (χ3n) is 5.84. The van der Waals surface area contributed by atoms with Crippen molar-refractivity contribution in [3.63, 3.8) is 0 Å². The SMILES string of the molecule is CC(C)(C)OC(=O)N1CC=C(c2ccc3c(c2)C(O)N(C2CCC(=O)NC2=O)C3=O)CC1. The highest BCUT2D eigenvalue weighted by Crippen LogP contribution is 2.37. The van der Waals surface area contributed by atoms with Crippen LogP contribution < -0.4 is 5.32 Å². The number of carbonyl (C=O) groups is 4. The second-order valence-electron chi connectivity index (χ2n) is 9.26. The molecule has 0 bridgehead atoms. The molecule has 3 heterocycles. The van der Waals surface area contributed by atoms with Gasteiger partial charge >= 0.3 is 6.09 Å². The third-order valence-corrected chi connectivity index (χ3v) is 5.84. The highest BCUT2D eigenvalue weighted by Gasteiger charge is 2.44. The first-order valence-corrected chi connectivity index (χ1v) is 10.7. The van der Waals surface area contributed by atoms with Crippen molar-refractivity contribution in [2.24, 2.45) is 0 Å². The van der Waals surface area contributed by atoms with Gasteiger partial charge in [0.25, 0.3) is 5.91 Å². The topological polar surface area (TPSA) is 116 Å². The predicted molar refractivity (Wildman–Crippen MR) is 114 cm³/mol. The van der Waals surface area contributed by atoms with Crippen LogP contribution >= 0.6 is 0 Å². The van der Waals surface area contributed by atoms with Crippen molar-refractivity contribution in [1.29, 1.82) is 0 Å². The zero-order chi connectivity index (χ0) is 23.2. The van der Waals surface area contributed by atoms with Gasteiger partial charge in [0.05, 0.1) is 0 Å². The summed E-state index contributed by atoms with van der Waals surface area (Å²) < 4.78 is 5.42. The van der Waals surface area contributed by atoms with Crippen LogP contribution in [0.15, 0.2) is 24.3 Å². The lowest BCUT2D eigenvalue weighted by Gasteiger charge is -2.32. The first kappa shape index (κ1) is 22.0. The Bertz CT molecular complexity index is 1030. The highest BCUT2D eigenvalue weighted by atomic mass is 16.6. The fourth-order valence-corrected chi connectivity index (χ4v) is 4.25. The Balaban J connectivity index is 1.51. The molecule has 0 spiro atoms. The quantitative estimate of drug-likeness (QED) is 0.678. The average Bonchev–Trinajstić information content (AvgIpc) is 2.97. The Morgan fingerprint density at radius 1 is 1.19 bits per heavy atom. The Kier molecular flexibility index (Phi) is 5.54. The molecule has 4 amide bonds. The van der Waals surface area contributed by atoms with E-state index in [0.29, 0.717) is 30.6 Å². The number of rotatable bonds is 2. The molecular formula is C23H27N3O6. The Morgan fingerprint density at radius 2 is 1.94 bits per heavy atom. The minimum Gasteiger partial charge on any atom is -0.444 e. The molecule has 4 rings (SSSR count). The summed E-state index contributed by atoms with van der Waals surface area (Å²) in [7, 11) is 0. The first-order valence-electron chi connectivity index (χ1n) is 10.7. The molecule has 2 unspecified atom stereocenters. The zero-order valence-electron chi connectivity index (χ0n) is 18.4. The highest BCUT2D eigenvalue weighted by molar-refractivity contribution is 6.05. The molecule has 3 aliphatic heterocycles. The van der Waals surface area contributed by atoms with E-state index in [1.165, 1.54) is 0 Å². The van der Waals surface area contributed by atoms with E-state index in [1.54, 1.807) is 17.0 Å². The van der Waals surface area contributed by atoms with E-state index in [2.05, 4.69) is 5.32 Å². The standard InChI is InChI=1S/C23H27N3O6/c1-23(2,3)32-22(31)25-10-8-13(9-11-25)14-4-5-15-16(12-14)21(30)26(20(15)29)17-6-7-18(27)24-19(17)28/h4-5,8,12,17,21,30H,6-7,9-11H2,1-3H3,(H,24,27,28). The summed E-state index contributed by atoms with van der Waals surface area (Å²) in [5.74, 6) is -1.38. The van der Waals surface area contributed by atoms with Crippen molar-refractivity contribution < 1.29 is 29.0 Å². The number of nitrogens with zero attached hydrogens (tertiary/aromatic N) is 2. The summed E-state index contributed by atoms with van der Waals surface area (Å²) in [6, 6.07) is 4.34. The number of amides is 4. The van der Waals surface area contributed by atoms with Gasteiger partial charge in [-0.3, -0.25) is 24.6 Å². The van der Waals surface area contributed by atoms with Gasteiger partial charge in [0, 0.05) is 30.6 Å². The van der Waals surface area contributed by atoms with E-state index >= 15 is 0 Å². The molecule has 3 aliphatic rings. The Labute approximate surface area is 186 Å². The molecule has 0 saturated carbocycles. The van der Waals surface area contributed by atoms with E-state index < -0.39 is 29.7 Å². The predicted octanol–water partition coefficient (Wildman–Crippen LogP) is 1.96. The maximum Gasteiger partial charge on any atom is 0.410 e. The number of benzene rings is 1. The van der Waals surface area contributed by atoms with Crippen LogP contribution in [0.5, 0.6) is 0 Å². The van der Waals surface area contributed by atoms with Crippen LogP contribution in [0.25, 0.3) is 5.57 Å². The molecule has 0 aliphatic carbocycles. The molecule has 1 aromatic rings. The van der Waals surface area contributed by atoms with E-state index in [4.69, 9.17) is 4.74 Å². The van der Waals surface area contributed by atoms with Crippen LogP contribution in [-0.2, 0) is 14.3 Å². The number of hydrogen-bond donors (Lipinski definition) is 2. The van der Waals surface area contributed by atoms with E-state index in [0.717, 1.165) is 16.0 Å². The van der Waals surface area contributed by atoms with Crippen molar-refractivity contribution in [2.75, 3.05) is 13.1 Å². The van der Waals surface area contributed by atoms with Crippen LogP contribution in [0, 0.1) is 0 Å². The van der Waals surface area contributed by atoms with Gasteiger partial charge < -0.3 is 14.7 Å². The van der Waals surface area contributed by atoms with Gasteiger partial charge in [0.15, 0.2) is 6.23 Å². The van der Waals surface area contributed by atoms with Crippen LogP contribution in [0.3, 0.4) is 0 Å². The molecular weight excluding hydrogens is 414 g/mol. The summed E-state index contributed by atoms with van der Waals surface area (Å²) in [5, 5.41) is 13.1. The third kappa shape index (κ3) is 4.12. The molecule has 9 heteroatoms. The van der Waals surface area contributed by atoms with Crippen LogP contribution in [0.2, 0.25) is 0 Å². The minimum atomic E-state index is -1.26. The number of aliphatic hydroxyl groups excluding tert-OH is 1. The van der Waals surface area contributed by atoms with Crippen LogP contribution in [0.4, 0.5) is 4.79 Å². The number of aliphatic hydroxyl groups is 1. The number of ether oxygens (including phenoxy) is 1. The van der Waals surface area contributed by atoms with E-state index in [9.17, 15) is 24.3 Å². The molecule has 1 aromatic carbocycles. The molecule has 1 saturated heterocycles. The lowest BCUT2D eigenvalue weighted by Crippen LogP contribution is -2.53. The summed E-state index contributed by atoms with van der Waals surface area (Å²) in [5.41, 5.74) is 2.08. The molecule has 32 heavy (non-hydrogen) atoms. The van der Waals surface area contributed by atoms with Gasteiger partial charge in [-0.05, 0) is 56.9 Å². The largest absolute Gasteiger partial charge is 0.444 e. The van der Waals surface area contributed by atoms with Crippen molar-refractivity contribution in [1.82, 2.24) is 15.1 Å². The number of carbonyl (C=O) groups excluding carboxylic acids is 4. The maximum absolute atomic E-state index is 12.9. The van der Waals surface area contributed by atoms with Gasteiger partial charge in [-0.15, -0.1) is 0 Å². The minimum absolute atomic E-state index is 0.121. The molecule has 9 nitrogen and oxygen atoms in total. The molecule has 0 radical (unpaired) electrons. The van der Waals surface area contributed by atoms with Crippen molar-refractivity contribution in [3.8, 4) is 0 Å². The zero-order valence-corrected chi connectivity index (χ0v) is 18.4. The summed E-state index contributed by atoms with van der Waals surface area (Å²) in [6.45, 7) is 6.38. The number of nitrogens with one attached hydrogen (secondary N) is 1. The number of imide groups is 1. The van der Waals surface area contributed by atoms with Gasteiger partial charge in [0.1, 0.15) is 11.6 Å². The van der Waals surface area contributed by atoms with Crippen molar-refractivity contribution >= 4 is 29.4 Å². The van der Waals surface area contributed by atoms with Crippen molar-refractivity contribution in [3.05, 3.63) is 41.0 Å². The summed E-state index contributed by atoms with van der Waals surface area (Å²) in [6.07, 6.45) is 1.23. The lowest BCUT2D eigenvalue weighted by atomic mass is 9.96. The Hall–Kier alpha value is -3.20. The van der Waals surface area contributed by atoms with Gasteiger partial charge in [-0.25, -0.2) is 4.79 Å². The normalized spacial score (nSPS) is 23.6. The van der Waals surface area contributed by atoms with Crippen LogP contribution in [-0.4, -0.2) is 63.5 Å². The first-order chi connectivity index (χ1) is 15.0. The maximum atomic E-state index is 12.9. The summed E-state index contributed by atoms with van der Waals surface area (Å²) in [4.78, 5) is 51.6. The second kappa shape index (κ2) is 8.05. The lowest BCUT2D eigenvalue weighted by molar-refractivity contribution is -0.139. The number of fused-ring (bicyclic) bond motifs is 1. The molecule has 0 aromatic heterocycles. The van der Waals surface area contributed by atoms with E-state index in [-0.39, 0.29) is 24.8 Å². The van der Waals surface area contributed by atoms with Crippen LogP contribution in [0.1, 0.15) is 67.7 Å². The molecule has 1 fully saturated rings. The van der Waals surface area contributed by atoms with Gasteiger partial charge in [-0.1, -0.05) is 12.1 Å². The molecule has 2 N–H and O–H groups in total. The number of piperidine rings is 1. The number of hydrogen-bond acceptors (Lipinski definition) is 6. The van der Waals surface area contributed by atoms with E-state index in [1.807, 2.05) is 32.9 Å². The van der Waals surface area contributed by atoms with Gasteiger partial charge in [-0.2, -0.15) is 0 Å². The monoisotopic (exact) mass is 441 g/mol.